The summed E-state index contributed by atoms with van der Waals surface area (Å²) in [6.07, 6.45) is 4.63. The first kappa shape index (κ1) is 18.3. The van der Waals surface area contributed by atoms with Gasteiger partial charge in [-0.1, -0.05) is 31.9 Å². The lowest BCUT2D eigenvalue weighted by Gasteiger charge is -2.44. The molecule has 0 spiro atoms. The van der Waals surface area contributed by atoms with Gasteiger partial charge in [-0.2, -0.15) is 0 Å². The molecule has 1 saturated carbocycles. The van der Waals surface area contributed by atoms with Gasteiger partial charge in [0.25, 0.3) is 0 Å². The first-order valence-electron chi connectivity index (χ1n) is 10.1. The Balaban J connectivity index is 1.56. The second kappa shape index (κ2) is 7.50. The van der Waals surface area contributed by atoms with Crippen molar-refractivity contribution in [3.63, 3.8) is 0 Å². The van der Waals surface area contributed by atoms with E-state index in [9.17, 15) is 9.59 Å². The summed E-state index contributed by atoms with van der Waals surface area (Å²) in [6.45, 7) is 4.11. The quantitative estimate of drug-likeness (QED) is 0.800. The SMILES string of the molecule is C[C@@H]1CN(CC(=O)N2CCO[C@@H]3CCCC[C@@H]32)c2ccccc2N(C)C1=O. The monoisotopic (exact) mass is 371 g/mol. The van der Waals surface area contributed by atoms with Gasteiger partial charge >= 0.3 is 0 Å². The number of carbonyl (C=O) groups is 2. The van der Waals surface area contributed by atoms with Crippen LogP contribution in [0.15, 0.2) is 24.3 Å². The van der Waals surface area contributed by atoms with Crippen LogP contribution in [0.4, 0.5) is 11.4 Å². The molecule has 1 aromatic rings. The minimum atomic E-state index is -0.151. The molecule has 146 valence electrons. The molecule has 0 aromatic heterocycles. The van der Waals surface area contributed by atoms with Crippen molar-refractivity contribution in [1.29, 1.82) is 0 Å². The smallest absolute Gasteiger partial charge is 0.242 e. The van der Waals surface area contributed by atoms with Crippen molar-refractivity contribution >= 4 is 23.2 Å². The molecule has 3 aliphatic rings. The Morgan fingerprint density at radius 2 is 1.93 bits per heavy atom. The van der Waals surface area contributed by atoms with Crippen molar-refractivity contribution in [2.24, 2.45) is 5.92 Å². The third-order valence-corrected chi connectivity index (χ3v) is 6.21. The fraction of sp³-hybridized carbons (Fsp3) is 0.619. The molecule has 1 saturated heterocycles. The number of rotatable bonds is 2. The lowest BCUT2D eigenvalue weighted by molar-refractivity contribution is -0.148. The van der Waals surface area contributed by atoms with Gasteiger partial charge in [-0.05, 0) is 25.0 Å². The van der Waals surface area contributed by atoms with Crippen LogP contribution in [0.25, 0.3) is 0 Å². The van der Waals surface area contributed by atoms with E-state index < -0.39 is 0 Å². The Hall–Kier alpha value is -2.08. The highest BCUT2D eigenvalue weighted by atomic mass is 16.5. The number of ether oxygens (including phenoxy) is 1. The average molecular weight is 371 g/mol. The van der Waals surface area contributed by atoms with E-state index in [1.54, 1.807) is 4.90 Å². The Labute approximate surface area is 161 Å². The van der Waals surface area contributed by atoms with Gasteiger partial charge in [-0.15, -0.1) is 0 Å². The highest BCUT2D eigenvalue weighted by Crippen LogP contribution is 2.34. The lowest BCUT2D eigenvalue weighted by Crippen LogP contribution is -2.57. The fourth-order valence-corrected chi connectivity index (χ4v) is 4.78. The number of fused-ring (bicyclic) bond motifs is 2. The van der Waals surface area contributed by atoms with Crippen LogP contribution in [0.1, 0.15) is 32.6 Å². The zero-order chi connectivity index (χ0) is 19.0. The number of hydrogen-bond acceptors (Lipinski definition) is 4. The van der Waals surface area contributed by atoms with Crippen molar-refractivity contribution in [2.45, 2.75) is 44.8 Å². The number of hydrogen-bond donors (Lipinski definition) is 0. The Morgan fingerprint density at radius 1 is 1.19 bits per heavy atom. The summed E-state index contributed by atoms with van der Waals surface area (Å²) in [6, 6.07) is 8.08. The average Bonchev–Trinajstić information content (AvgIpc) is 2.79. The molecule has 0 radical (unpaired) electrons. The maximum Gasteiger partial charge on any atom is 0.242 e. The van der Waals surface area contributed by atoms with Gasteiger partial charge in [0.05, 0.1) is 42.6 Å². The maximum absolute atomic E-state index is 13.2. The van der Waals surface area contributed by atoms with E-state index >= 15 is 0 Å². The summed E-state index contributed by atoms with van der Waals surface area (Å²) in [4.78, 5) is 31.7. The summed E-state index contributed by atoms with van der Waals surface area (Å²) in [5, 5.41) is 0. The summed E-state index contributed by atoms with van der Waals surface area (Å²) < 4.78 is 5.91. The van der Waals surface area contributed by atoms with E-state index in [2.05, 4.69) is 4.90 Å². The molecular weight excluding hydrogens is 342 g/mol. The van der Waals surface area contributed by atoms with Gasteiger partial charge in [0.1, 0.15) is 0 Å². The first-order chi connectivity index (χ1) is 13.1. The minimum Gasteiger partial charge on any atom is -0.374 e. The normalized spacial score (nSPS) is 28.4. The van der Waals surface area contributed by atoms with Crippen LogP contribution < -0.4 is 9.80 Å². The molecule has 0 unspecified atom stereocenters. The fourth-order valence-electron chi connectivity index (χ4n) is 4.78. The number of anilines is 2. The van der Waals surface area contributed by atoms with E-state index in [4.69, 9.17) is 4.74 Å². The van der Waals surface area contributed by atoms with E-state index in [0.29, 0.717) is 26.2 Å². The van der Waals surface area contributed by atoms with Gasteiger partial charge in [-0.25, -0.2) is 0 Å². The number of para-hydroxylation sites is 2. The van der Waals surface area contributed by atoms with Crippen LogP contribution in [-0.4, -0.2) is 62.1 Å². The van der Waals surface area contributed by atoms with E-state index in [-0.39, 0.29) is 29.9 Å². The van der Waals surface area contributed by atoms with Crippen LogP contribution >= 0.6 is 0 Å². The van der Waals surface area contributed by atoms with Gasteiger partial charge in [0.15, 0.2) is 0 Å². The second-order valence-corrected chi connectivity index (χ2v) is 8.02. The Morgan fingerprint density at radius 3 is 2.74 bits per heavy atom. The molecule has 2 fully saturated rings. The van der Waals surface area contributed by atoms with Gasteiger partial charge in [-0.3, -0.25) is 9.59 Å². The number of nitrogens with zero attached hydrogens (tertiary/aromatic N) is 3. The van der Waals surface area contributed by atoms with Gasteiger partial charge in [0.2, 0.25) is 11.8 Å². The minimum absolute atomic E-state index is 0.0936. The number of morpholine rings is 1. The molecule has 4 rings (SSSR count). The van der Waals surface area contributed by atoms with Gasteiger partial charge < -0.3 is 19.4 Å². The predicted octanol–water partition coefficient (Wildman–Crippen LogP) is 2.28. The standard InChI is InChI=1S/C21H29N3O3/c1-15-13-23(17-8-4-3-7-16(17)22(2)21(15)26)14-20(25)24-11-12-27-19-10-6-5-9-18(19)24/h3-4,7-8,15,18-19H,5-6,9-14H2,1-2H3/t15-,18+,19-/m1/s1. The van der Waals surface area contributed by atoms with Crippen molar-refractivity contribution in [3.05, 3.63) is 24.3 Å². The van der Waals surface area contributed by atoms with Crippen molar-refractivity contribution in [2.75, 3.05) is 43.1 Å². The molecular formula is C21H29N3O3. The van der Waals surface area contributed by atoms with Crippen LogP contribution in [0.3, 0.4) is 0 Å². The highest BCUT2D eigenvalue weighted by molar-refractivity contribution is 6.00. The number of carbonyl (C=O) groups excluding carboxylic acids is 2. The summed E-state index contributed by atoms with van der Waals surface area (Å²) in [7, 11) is 1.82. The summed E-state index contributed by atoms with van der Waals surface area (Å²) in [5.74, 6) is 0.0904. The van der Waals surface area contributed by atoms with Crippen molar-refractivity contribution in [1.82, 2.24) is 4.90 Å². The van der Waals surface area contributed by atoms with E-state index in [0.717, 1.165) is 30.6 Å². The molecule has 1 aliphatic carbocycles. The molecule has 2 aliphatic heterocycles. The zero-order valence-electron chi connectivity index (χ0n) is 16.3. The maximum atomic E-state index is 13.2. The third-order valence-electron chi connectivity index (χ3n) is 6.21. The van der Waals surface area contributed by atoms with Crippen LogP contribution in [-0.2, 0) is 14.3 Å². The molecule has 1 aromatic carbocycles. The zero-order valence-corrected chi connectivity index (χ0v) is 16.3. The van der Waals surface area contributed by atoms with Crippen molar-refractivity contribution in [3.8, 4) is 0 Å². The van der Waals surface area contributed by atoms with Crippen LogP contribution in [0, 0.1) is 5.92 Å². The predicted molar refractivity (Wildman–Crippen MR) is 105 cm³/mol. The largest absolute Gasteiger partial charge is 0.374 e. The topological polar surface area (TPSA) is 53.1 Å². The Bertz CT molecular complexity index is 720. The molecule has 3 atom stereocenters. The molecule has 27 heavy (non-hydrogen) atoms. The van der Waals surface area contributed by atoms with E-state index in [1.807, 2.05) is 43.1 Å². The molecule has 2 amide bonds. The molecule has 0 N–H and O–H groups in total. The van der Waals surface area contributed by atoms with Crippen LogP contribution in [0.5, 0.6) is 0 Å². The first-order valence-corrected chi connectivity index (χ1v) is 10.1. The Kier molecular flexibility index (Phi) is 5.08. The molecule has 2 heterocycles. The van der Waals surface area contributed by atoms with Gasteiger partial charge in [0, 0.05) is 20.1 Å². The third kappa shape index (κ3) is 3.43. The number of amides is 2. The lowest BCUT2D eigenvalue weighted by atomic mass is 9.90. The molecule has 6 heteroatoms. The van der Waals surface area contributed by atoms with E-state index in [1.165, 1.54) is 6.42 Å². The molecule has 0 bridgehead atoms. The van der Waals surface area contributed by atoms with Crippen molar-refractivity contribution < 1.29 is 14.3 Å². The number of benzene rings is 1. The second-order valence-electron chi connectivity index (χ2n) is 8.02. The molecule has 6 nitrogen and oxygen atoms in total. The summed E-state index contributed by atoms with van der Waals surface area (Å²) in [5.41, 5.74) is 1.83. The summed E-state index contributed by atoms with van der Waals surface area (Å²) >= 11 is 0. The highest BCUT2D eigenvalue weighted by Gasteiger charge is 2.38. The van der Waals surface area contributed by atoms with Crippen LogP contribution in [0.2, 0.25) is 0 Å².